The summed E-state index contributed by atoms with van der Waals surface area (Å²) in [5.41, 5.74) is 1.99. The number of piperidine rings is 1. The Morgan fingerprint density at radius 1 is 1.10 bits per heavy atom. The second-order valence-electron chi connectivity index (χ2n) is 7.41. The molecule has 162 valence electrons. The molecule has 6 nitrogen and oxygen atoms in total. The van der Waals surface area contributed by atoms with Crippen LogP contribution < -0.4 is 20.1 Å². The molecule has 0 spiro atoms. The summed E-state index contributed by atoms with van der Waals surface area (Å²) in [6, 6.07) is 13.8. The van der Waals surface area contributed by atoms with Crippen LogP contribution in [0.25, 0.3) is 0 Å². The Balaban J connectivity index is 1.44. The second kappa shape index (κ2) is 11.1. The number of nitrogens with one attached hydrogen (secondary N) is 2. The number of ether oxygens (including phenoxy) is 2. The van der Waals surface area contributed by atoms with Crippen LogP contribution in [0.4, 0.5) is 10.5 Å². The third-order valence-electron chi connectivity index (χ3n) is 5.50. The third kappa shape index (κ3) is 5.83. The van der Waals surface area contributed by atoms with Crippen molar-refractivity contribution in [3.63, 3.8) is 0 Å². The van der Waals surface area contributed by atoms with Gasteiger partial charge in [0.25, 0.3) is 0 Å². The van der Waals surface area contributed by atoms with E-state index in [1.807, 2.05) is 6.07 Å². The molecule has 0 atom stereocenters. The zero-order valence-corrected chi connectivity index (χ0v) is 18.8. The van der Waals surface area contributed by atoms with E-state index in [1.54, 1.807) is 38.1 Å². The van der Waals surface area contributed by atoms with E-state index in [1.165, 1.54) is 10.5 Å². The van der Waals surface area contributed by atoms with Gasteiger partial charge in [0, 0.05) is 18.0 Å². The van der Waals surface area contributed by atoms with Crippen LogP contribution in [0.5, 0.6) is 11.5 Å². The molecule has 1 fully saturated rings. The molecule has 0 bridgehead atoms. The second-order valence-corrected chi connectivity index (χ2v) is 8.26. The Kier molecular flexibility index (Phi) is 8.28. The molecule has 0 aliphatic carbocycles. The molecule has 2 amide bonds. The average molecular weight is 430 g/mol. The first-order chi connectivity index (χ1) is 14.6. The molecule has 2 N–H and O–H groups in total. The van der Waals surface area contributed by atoms with E-state index >= 15 is 0 Å². The van der Waals surface area contributed by atoms with Crippen LogP contribution in [0.3, 0.4) is 0 Å². The number of para-hydroxylation sites is 1. The molecule has 1 saturated heterocycles. The number of methoxy groups -OCH3 is 2. The Morgan fingerprint density at radius 3 is 2.57 bits per heavy atom. The van der Waals surface area contributed by atoms with Crippen molar-refractivity contribution in [3.8, 4) is 11.5 Å². The molecular formula is C23H31N3O3S. The minimum absolute atomic E-state index is 0.224. The van der Waals surface area contributed by atoms with Gasteiger partial charge in [0.1, 0.15) is 0 Å². The quantitative estimate of drug-likeness (QED) is 0.607. The molecule has 2 aromatic rings. The number of likely N-dealkylation sites (tertiary alicyclic amines) is 1. The van der Waals surface area contributed by atoms with Crippen LogP contribution in [-0.2, 0) is 6.54 Å². The maximum Gasteiger partial charge on any atom is 0.319 e. The lowest BCUT2D eigenvalue weighted by molar-refractivity contribution is 0.175. The highest BCUT2D eigenvalue weighted by molar-refractivity contribution is 7.98. The van der Waals surface area contributed by atoms with Crippen LogP contribution in [0.1, 0.15) is 18.4 Å². The van der Waals surface area contributed by atoms with Gasteiger partial charge in [-0.2, -0.15) is 0 Å². The molecule has 1 aliphatic rings. The topological polar surface area (TPSA) is 62.8 Å². The zero-order valence-electron chi connectivity index (χ0n) is 17.9. The lowest BCUT2D eigenvalue weighted by atomic mass is 9.96. The van der Waals surface area contributed by atoms with Crippen LogP contribution in [0.15, 0.2) is 47.4 Å². The van der Waals surface area contributed by atoms with Crippen molar-refractivity contribution < 1.29 is 14.3 Å². The predicted molar refractivity (Wildman–Crippen MR) is 123 cm³/mol. The first kappa shape index (κ1) is 22.3. The molecule has 7 heteroatoms. The number of benzene rings is 2. The molecule has 30 heavy (non-hydrogen) atoms. The lowest BCUT2D eigenvalue weighted by Crippen LogP contribution is -2.39. The van der Waals surface area contributed by atoms with Crippen LogP contribution in [0, 0.1) is 5.92 Å². The number of nitrogens with zero attached hydrogens (tertiary/aromatic N) is 1. The van der Waals surface area contributed by atoms with Gasteiger partial charge in [0.2, 0.25) is 0 Å². The highest BCUT2D eigenvalue weighted by atomic mass is 32.2. The van der Waals surface area contributed by atoms with Crippen molar-refractivity contribution in [1.82, 2.24) is 10.2 Å². The Labute approximate surface area is 183 Å². The van der Waals surface area contributed by atoms with Gasteiger partial charge in [-0.1, -0.05) is 24.3 Å². The van der Waals surface area contributed by atoms with Gasteiger partial charge < -0.3 is 20.1 Å². The molecule has 2 aromatic carbocycles. The molecule has 1 heterocycles. The molecule has 0 unspecified atom stereocenters. The molecule has 1 aliphatic heterocycles. The first-order valence-electron chi connectivity index (χ1n) is 10.2. The van der Waals surface area contributed by atoms with Gasteiger partial charge in [-0.3, -0.25) is 4.90 Å². The van der Waals surface area contributed by atoms with Crippen molar-refractivity contribution in [2.75, 3.05) is 45.4 Å². The number of thioether (sulfide) groups is 1. The maximum absolute atomic E-state index is 12.4. The minimum atomic E-state index is -0.224. The fraction of sp³-hybridized carbons (Fsp3) is 0.435. The van der Waals surface area contributed by atoms with E-state index in [0.29, 0.717) is 29.6 Å². The number of rotatable bonds is 8. The number of carbonyl (C=O) groups is 1. The molecule has 3 rings (SSSR count). The number of anilines is 1. The average Bonchev–Trinajstić information content (AvgIpc) is 2.78. The largest absolute Gasteiger partial charge is 0.493 e. The van der Waals surface area contributed by atoms with E-state index < -0.39 is 0 Å². The van der Waals surface area contributed by atoms with Gasteiger partial charge in [-0.05, 0) is 61.9 Å². The fourth-order valence-corrected chi connectivity index (χ4v) is 4.42. The molecule has 0 aromatic heterocycles. The Hall–Kier alpha value is -2.38. The van der Waals surface area contributed by atoms with E-state index in [2.05, 4.69) is 46.1 Å². The highest BCUT2D eigenvalue weighted by Gasteiger charge is 2.21. The van der Waals surface area contributed by atoms with Gasteiger partial charge in [-0.15, -0.1) is 11.8 Å². The Bertz CT molecular complexity index is 838. The van der Waals surface area contributed by atoms with Crippen molar-refractivity contribution in [1.29, 1.82) is 0 Å². The highest BCUT2D eigenvalue weighted by Crippen LogP contribution is 2.34. The van der Waals surface area contributed by atoms with E-state index in [-0.39, 0.29) is 6.03 Å². The third-order valence-corrected chi connectivity index (χ3v) is 6.33. The van der Waals surface area contributed by atoms with Crippen molar-refractivity contribution in [3.05, 3.63) is 48.0 Å². The number of hydrogen-bond acceptors (Lipinski definition) is 5. The number of amides is 2. The summed E-state index contributed by atoms with van der Waals surface area (Å²) in [4.78, 5) is 16.2. The van der Waals surface area contributed by atoms with Crippen LogP contribution >= 0.6 is 11.8 Å². The number of urea groups is 1. The van der Waals surface area contributed by atoms with Crippen molar-refractivity contribution >= 4 is 23.5 Å². The van der Waals surface area contributed by atoms with Crippen LogP contribution in [-0.4, -0.2) is 51.0 Å². The summed E-state index contributed by atoms with van der Waals surface area (Å²) >= 11 is 1.80. The number of hydrogen-bond donors (Lipinski definition) is 2. The van der Waals surface area contributed by atoms with E-state index in [9.17, 15) is 4.79 Å². The van der Waals surface area contributed by atoms with Gasteiger partial charge in [0.15, 0.2) is 11.5 Å². The van der Waals surface area contributed by atoms with Crippen molar-refractivity contribution in [2.24, 2.45) is 5.92 Å². The summed E-state index contributed by atoms with van der Waals surface area (Å²) in [6.45, 7) is 3.78. The SMILES string of the molecule is COc1cccc(NC(=O)NCC2CCN(Cc3ccccc3SC)CC2)c1OC. The van der Waals surface area contributed by atoms with Gasteiger partial charge in [0.05, 0.1) is 19.9 Å². The standard InChI is InChI=1S/C23H31N3O3S/c1-28-20-9-6-8-19(22(20)29-2)25-23(27)24-15-17-11-13-26(14-12-17)16-18-7-4-5-10-21(18)30-3/h4-10,17H,11-16H2,1-3H3,(H2,24,25,27). The summed E-state index contributed by atoms with van der Waals surface area (Å²) < 4.78 is 10.6. The first-order valence-corrected chi connectivity index (χ1v) is 11.5. The molecule has 0 radical (unpaired) electrons. The van der Waals surface area contributed by atoms with Crippen LogP contribution in [0.2, 0.25) is 0 Å². The smallest absolute Gasteiger partial charge is 0.319 e. The zero-order chi connectivity index (χ0) is 21.3. The molecular weight excluding hydrogens is 398 g/mol. The Morgan fingerprint density at radius 2 is 1.87 bits per heavy atom. The molecule has 0 saturated carbocycles. The lowest BCUT2D eigenvalue weighted by Gasteiger charge is -2.32. The number of carbonyl (C=O) groups excluding carboxylic acids is 1. The van der Waals surface area contributed by atoms with E-state index in [4.69, 9.17) is 9.47 Å². The summed E-state index contributed by atoms with van der Waals surface area (Å²) in [6.07, 6.45) is 4.30. The van der Waals surface area contributed by atoms with Crippen molar-refractivity contribution in [2.45, 2.75) is 24.3 Å². The van der Waals surface area contributed by atoms with E-state index in [0.717, 1.165) is 32.5 Å². The monoisotopic (exact) mass is 429 g/mol. The summed E-state index contributed by atoms with van der Waals surface area (Å²) in [5.74, 6) is 1.61. The maximum atomic E-state index is 12.4. The summed E-state index contributed by atoms with van der Waals surface area (Å²) in [5, 5.41) is 5.87. The summed E-state index contributed by atoms with van der Waals surface area (Å²) in [7, 11) is 3.14. The van der Waals surface area contributed by atoms with Gasteiger partial charge >= 0.3 is 6.03 Å². The predicted octanol–water partition coefficient (Wildman–Crippen LogP) is 4.46. The van der Waals surface area contributed by atoms with Gasteiger partial charge in [-0.25, -0.2) is 4.79 Å². The fourth-order valence-electron chi connectivity index (χ4n) is 3.81. The minimum Gasteiger partial charge on any atom is -0.493 e. The normalized spacial score (nSPS) is 14.9.